The van der Waals surface area contributed by atoms with Crippen LogP contribution in [0.1, 0.15) is 0 Å². The molecule has 0 aliphatic carbocycles. The number of nitrogens with zero attached hydrogens (tertiary/aromatic N) is 3. The Hall–Kier alpha value is -7.41. The largest absolute Gasteiger partial charge is 0.456 e. The van der Waals surface area contributed by atoms with E-state index < -0.39 is 0 Å². The average molecular weight is 748 g/mol. The minimum absolute atomic E-state index is 0.597. The summed E-state index contributed by atoms with van der Waals surface area (Å²) < 4.78 is 14.9. The Morgan fingerprint density at radius 1 is 0.316 bits per heavy atom. The number of furan rings is 2. The fourth-order valence-corrected chi connectivity index (χ4v) is 9.39. The Morgan fingerprint density at radius 2 is 0.895 bits per heavy atom. The predicted octanol–water partition coefficient (Wildman–Crippen LogP) is 14.4. The minimum Gasteiger partial charge on any atom is -0.456 e. The molecular weight excluding hydrogens is 719 g/mol. The van der Waals surface area contributed by atoms with Gasteiger partial charge in [-0.3, -0.25) is 0 Å². The lowest BCUT2D eigenvalue weighted by atomic mass is 9.91. The fraction of sp³-hybridized carbons (Fsp3) is 0. The molecule has 0 amide bonds. The van der Waals surface area contributed by atoms with Gasteiger partial charge < -0.3 is 8.83 Å². The minimum atomic E-state index is 0.597. The topological polar surface area (TPSA) is 65.0 Å². The highest BCUT2D eigenvalue weighted by Gasteiger charge is 2.18. The molecule has 0 saturated heterocycles. The van der Waals surface area contributed by atoms with Crippen molar-refractivity contribution in [3.8, 4) is 56.4 Å². The van der Waals surface area contributed by atoms with E-state index in [1.165, 1.54) is 36.9 Å². The molecule has 0 aliphatic rings. The van der Waals surface area contributed by atoms with Gasteiger partial charge in [0.1, 0.15) is 22.3 Å². The van der Waals surface area contributed by atoms with E-state index in [1.54, 1.807) is 11.3 Å². The molecular formula is C51H29N3O2S. The normalized spacial score (nSPS) is 11.9. The van der Waals surface area contributed by atoms with Crippen molar-refractivity contribution in [3.63, 3.8) is 0 Å². The van der Waals surface area contributed by atoms with Gasteiger partial charge in [0.2, 0.25) is 0 Å². The second-order valence-electron chi connectivity index (χ2n) is 14.3. The number of aromatic nitrogens is 3. The first-order chi connectivity index (χ1) is 28.2. The molecule has 0 aliphatic heterocycles. The number of benzene rings is 8. The van der Waals surface area contributed by atoms with Crippen LogP contribution in [-0.4, -0.2) is 15.0 Å². The Labute approximate surface area is 330 Å². The second-order valence-corrected chi connectivity index (χ2v) is 15.4. The summed E-state index contributed by atoms with van der Waals surface area (Å²) in [6.45, 7) is 0. The van der Waals surface area contributed by atoms with Crippen molar-refractivity contribution >= 4 is 75.4 Å². The van der Waals surface area contributed by atoms with Crippen LogP contribution in [0.4, 0.5) is 0 Å². The second kappa shape index (κ2) is 12.6. The molecule has 0 atom stereocenters. The highest BCUT2D eigenvalue weighted by molar-refractivity contribution is 7.25. The SMILES string of the molecule is c1ccc(-c2nc(-c3ccc4c(c3)oc3ccccc34)nc(-c3ccc4c(c3)sc3ccc(-c5ccccc5-c5cccc6oc7ccccc7c56)cc34)n2)cc1. The summed E-state index contributed by atoms with van der Waals surface area (Å²) in [4.78, 5) is 15.1. The molecule has 4 aromatic heterocycles. The van der Waals surface area contributed by atoms with Crippen LogP contribution in [0.25, 0.3) is 120 Å². The maximum Gasteiger partial charge on any atom is 0.164 e. The van der Waals surface area contributed by atoms with E-state index >= 15 is 0 Å². The summed E-state index contributed by atoms with van der Waals surface area (Å²) in [5, 5.41) is 6.85. The number of para-hydroxylation sites is 2. The lowest BCUT2D eigenvalue weighted by Crippen LogP contribution is -2.00. The maximum absolute atomic E-state index is 6.27. The Morgan fingerprint density at radius 3 is 1.72 bits per heavy atom. The molecule has 0 spiro atoms. The van der Waals surface area contributed by atoms with E-state index in [-0.39, 0.29) is 0 Å². The van der Waals surface area contributed by atoms with Gasteiger partial charge in [-0.1, -0.05) is 127 Å². The zero-order valence-corrected chi connectivity index (χ0v) is 31.1. The van der Waals surface area contributed by atoms with Crippen LogP contribution < -0.4 is 0 Å². The van der Waals surface area contributed by atoms with Gasteiger partial charge in [0, 0.05) is 58.4 Å². The van der Waals surface area contributed by atoms with E-state index in [9.17, 15) is 0 Å². The molecule has 0 fully saturated rings. The fourth-order valence-electron chi connectivity index (χ4n) is 8.27. The molecule has 0 N–H and O–H groups in total. The lowest BCUT2D eigenvalue weighted by molar-refractivity contribution is 0.668. The first-order valence-corrected chi connectivity index (χ1v) is 19.7. The van der Waals surface area contributed by atoms with E-state index in [2.05, 4.69) is 109 Å². The summed E-state index contributed by atoms with van der Waals surface area (Å²) in [5.74, 6) is 1.85. The third-order valence-electron chi connectivity index (χ3n) is 11.0. The summed E-state index contributed by atoms with van der Waals surface area (Å²) in [5.41, 5.74) is 10.9. The van der Waals surface area contributed by atoms with Crippen LogP contribution in [0, 0.1) is 0 Å². The molecule has 57 heavy (non-hydrogen) atoms. The van der Waals surface area contributed by atoms with Crippen LogP contribution in [0.3, 0.4) is 0 Å². The third-order valence-corrected chi connectivity index (χ3v) is 12.1. The summed E-state index contributed by atoms with van der Waals surface area (Å²) in [6, 6.07) is 61.1. The number of hydrogen-bond donors (Lipinski definition) is 0. The van der Waals surface area contributed by atoms with Crippen molar-refractivity contribution in [2.24, 2.45) is 0 Å². The van der Waals surface area contributed by atoms with Gasteiger partial charge in [0.05, 0.1) is 0 Å². The highest BCUT2D eigenvalue weighted by Crippen LogP contribution is 2.43. The monoisotopic (exact) mass is 747 g/mol. The smallest absolute Gasteiger partial charge is 0.164 e. The molecule has 0 saturated carbocycles. The van der Waals surface area contributed by atoms with Crippen molar-refractivity contribution < 1.29 is 8.83 Å². The van der Waals surface area contributed by atoms with Gasteiger partial charge in [0.25, 0.3) is 0 Å². The zero-order valence-electron chi connectivity index (χ0n) is 30.3. The van der Waals surface area contributed by atoms with Crippen molar-refractivity contribution in [2.75, 3.05) is 0 Å². The van der Waals surface area contributed by atoms with Gasteiger partial charge in [-0.05, 0) is 70.8 Å². The highest BCUT2D eigenvalue weighted by atomic mass is 32.1. The van der Waals surface area contributed by atoms with Crippen molar-refractivity contribution in [1.82, 2.24) is 15.0 Å². The van der Waals surface area contributed by atoms with E-state index in [0.29, 0.717) is 17.5 Å². The summed E-state index contributed by atoms with van der Waals surface area (Å²) in [6.07, 6.45) is 0. The molecule has 8 aromatic carbocycles. The molecule has 0 radical (unpaired) electrons. The van der Waals surface area contributed by atoms with Gasteiger partial charge in [-0.2, -0.15) is 0 Å². The van der Waals surface area contributed by atoms with Crippen LogP contribution in [0.5, 0.6) is 0 Å². The predicted molar refractivity (Wildman–Crippen MR) is 234 cm³/mol. The molecule has 5 nitrogen and oxygen atoms in total. The molecule has 6 heteroatoms. The molecule has 0 unspecified atom stereocenters. The van der Waals surface area contributed by atoms with Gasteiger partial charge in [-0.25, -0.2) is 15.0 Å². The van der Waals surface area contributed by atoms with Crippen molar-refractivity contribution in [2.45, 2.75) is 0 Å². The summed E-state index contributed by atoms with van der Waals surface area (Å²) in [7, 11) is 0. The number of fused-ring (bicyclic) bond motifs is 9. The molecule has 0 bridgehead atoms. The first-order valence-electron chi connectivity index (χ1n) is 18.9. The number of hydrogen-bond acceptors (Lipinski definition) is 6. The summed E-state index contributed by atoms with van der Waals surface area (Å²) >= 11 is 1.79. The van der Waals surface area contributed by atoms with Crippen molar-refractivity contribution in [3.05, 3.63) is 176 Å². The molecule has 4 heterocycles. The van der Waals surface area contributed by atoms with Crippen molar-refractivity contribution in [1.29, 1.82) is 0 Å². The standard InChI is InChI=1S/C51H29N3O2S/c1-2-11-30(12-3-1)49-52-50(32-21-24-37-36-15-6-8-18-42(36)56-45(37)28-32)54-51(53-49)33-22-25-38-41-27-31(23-26-46(41)57-47(38)29-33)34-13-4-5-14-35(34)39-17-10-20-44-48(39)40-16-7-9-19-43(40)55-44/h1-29H. The van der Waals surface area contributed by atoms with Gasteiger partial charge in [0.15, 0.2) is 17.5 Å². The van der Waals surface area contributed by atoms with Crippen LogP contribution in [0.2, 0.25) is 0 Å². The number of thiophene rings is 1. The van der Waals surface area contributed by atoms with Crippen LogP contribution >= 0.6 is 11.3 Å². The van der Waals surface area contributed by atoms with E-state index in [4.69, 9.17) is 23.8 Å². The quantitative estimate of drug-likeness (QED) is 0.175. The van der Waals surface area contributed by atoms with Crippen LogP contribution in [0.15, 0.2) is 185 Å². The average Bonchev–Trinajstić information content (AvgIpc) is 3.97. The van der Waals surface area contributed by atoms with Crippen LogP contribution in [-0.2, 0) is 0 Å². The number of rotatable bonds is 5. The Kier molecular flexibility index (Phi) is 7.03. The van der Waals surface area contributed by atoms with Gasteiger partial charge >= 0.3 is 0 Å². The Balaban J connectivity index is 0.972. The molecule has 12 aromatic rings. The Bertz CT molecular complexity index is 3540. The molecule has 266 valence electrons. The zero-order chi connectivity index (χ0) is 37.5. The van der Waals surface area contributed by atoms with Gasteiger partial charge in [-0.15, -0.1) is 11.3 Å². The maximum atomic E-state index is 6.27. The molecule has 12 rings (SSSR count). The third kappa shape index (κ3) is 5.19. The van der Waals surface area contributed by atoms with E-state index in [0.717, 1.165) is 66.1 Å². The lowest BCUT2D eigenvalue weighted by Gasteiger charge is -2.12. The van der Waals surface area contributed by atoms with E-state index in [1.807, 2.05) is 66.7 Å². The first kappa shape index (κ1) is 31.9.